The Balaban J connectivity index is 4.16. The molecule has 1 heterocycles. The van der Waals surface area contributed by atoms with Gasteiger partial charge in [-0.25, -0.2) is 0 Å². The topological polar surface area (TPSA) is 119 Å². The van der Waals surface area contributed by atoms with Crippen LogP contribution in [0.3, 0.4) is 0 Å². The molecule has 1 fully saturated rings. The molecule has 7 nitrogen and oxygen atoms in total. The summed E-state index contributed by atoms with van der Waals surface area (Å²) in [5, 5.41) is 48.7. The van der Waals surface area contributed by atoms with E-state index in [2.05, 4.69) is 5.32 Å². The van der Waals surface area contributed by atoms with Crippen LogP contribution in [-0.4, -0.2) is 92.4 Å². The number of amides is 1. The van der Waals surface area contributed by atoms with Crippen LogP contribution in [0.2, 0.25) is 78.6 Å². The minimum atomic E-state index is -2.78. The summed E-state index contributed by atoms with van der Waals surface area (Å²) in [5.74, 6) is -0.290. The molecule has 0 radical (unpaired) electrons. The number of carbonyl (C=O) groups is 1. The molecule has 1 amide bonds. The van der Waals surface area contributed by atoms with Gasteiger partial charge in [-0.3, -0.25) is 4.79 Å². The molecule has 0 bridgehead atoms. The molecule has 33 heavy (non-hydrogen) atoms. The quantitative estimate of drug-likeness (QED) is 0.304. The monoisotopic (exact) mass is 537 g/mol. The van der Waals surface area contributed by atoms with E-state index in [4.69, 9.17) is 4.74 Å². The zero-order valence-corrected chi connectivity index (χ0v) is 27.3. The Morgan fingerprint density at radius 2 is 1.27 bits per heavy atom. The predicted molar refractivity (Wildman–Crippen MR) is 146 cm³/mol. The molecule has 6 atom stereocenters. The van der Waals surface area contributed by atoms with Crippen molar-refractivity contribution in [3.05, 3.63) is 0 Å². The van der Waals surface area contributed by atoms with Gasteiger partial charge in [0.1, 0.15) is 30.7 Å². The summed E-state index contributed by atoms with van der Waals surface area (Å²) < 4.78 is 6.49. The first kappa shape index (κ1) is 31.2. The third kappa shape index (κ3) is 5.04. The number of hydrogen-bond donors (Lipinski definition) is 5. The Labute approximate surface area is 205 Å². The lowest BCUT2D eigenvalue weighted by Gasteiger charge is -2.69. The molecule has 2 unspecified atom stereocenters. The molecule has 11 heteroatoms. The summed E-state index contributed by atoms with van der Waals surface area (Å²) in [4.78, 5) is 12.9. The Morgan fingerprint density at radius 3 is 1.58 bits per heavy atom. The first-order chi connectivity index (χ1) is 14.3. The van der Waals surface area contributed by atoms with Gasteiger partial charge in [-0.2, -0.15) is 0 Å². The van der Waals surface area contributed by atoms with E-state index in [9.17, 15) is 25.2 Å². The number of carbonyl (C=O) groups excluding carboxylic acids is 1. The maximum atomic E-state index is 12.9. The van der Waals surface area contributed by atoms with Crippen molar-refractivity contribution in [3.63, 3.8) is 0 Å². The third-order valence-electron chi connectivity index (χ3n) is 7.43. The van der Waals surface area contributed by atoms with Gasteiger partial charge in [0.05, 0.1) is 29.9 Å². The largest absolute Gasteiger partial charge is 0.394 e. The lowest BCUT2D eigenvalue weighted by Crippen LogP contribution is -2.95. The lowest BCUT2D eigenvalue weighted by atomic mass is 9.93. The number of aliphatic hydroxyl groups is 4. The van der Waals surface area contributed by atoms with Gasteiger partial charge in [-0.1, -0.05) is 85.5 Å². The molecule has 1 aliphatic heterocycles. The second-order valence-electron chi connectivity index (χ2n) is 14.1. The van der Waals surface area contributed by atoms with Gasteiger partial charge in [0, 0.05) is 6.42 Å². The molecule has 1 rings (SSSR count). The minimum Gasteiger partial charge on any atom is -0.394 e. The van der Waals surface area contributed by atoms with Gasteiger partial charge < -0.3 is 30.5 Å². The highest BCUT2D eigenvalue weighted by atomic mass is 28.3. The van der Waals surface area contributed by atoms with Crippen molar-refractivity contribution in [2.45, 2.75) is 132 Å². The summed E-state index contributed by atoms with van der Waals surface area (Å²) in [6.07, 6.45) is -0.304. The highest BCUT2D eigenvalue weighted by Crippen LogP contribution is 2.54. The molecular formula is C22H51NO6Si4. The SMILES string of the molecule is CCCC(=O)N[C@H]1C(O)([Si](C)(C)C)O[C@H](C(O)[Si](C)(C)C)[C@](O)([Si](C)(C)C)[C@@]1(O)[Si](C)(C)C. The van der Waals surface area contributed by atoms with Gasteiger partial charge in [0.25, 0.3) is 0 Å². The summed E-state index contributed by atoms with van der Waals surface area (Å²) in [6, 6.07) is -1.20. The van der Waals surface area contributed by atoms with Crippen LogP contribution in [0.4, 0.5) is 0 Å². The smallest absolute Gasteiger partial charge is 0.220 e. The summed E-state index contributed by atoms with van der Waals surface area (Å²) >= 11 is 0. The van der Waals surface area contributed by atoms with E-state index < -0.39 is 66.0 Å². The predicted octanol–water partition coefficient (Wildman–Crippen LogP) is 2.69. The van der Waals surface area contributed by atoms with E-state index in [0.717, 1.165) is 0 Å². The molecule has 0 aliphatic carbocycles. The average molecular weight is 538 g/mol. The van der Waals surface area contributed by atoms with Gasteiger partial charge in [0.15, 0.2) is 5.41 Å². The van der Waals surface area contributed by atoms with E-state index in [1.807, 2.05) is 85.5 Å². The van der Waals surface area contributed by atoms with E-state index in [0.29, 0.717) is 6.42 Å². The molecule has 0 spiro atoms. The van der Waals surface area contributed by atoms with Crippen molar-refractivity contribution in [2.75, 3.05) is 0 Å². The van der Waals surface area contributed by atoms with E-state index in [-0.39, 0.29) is 12.3 Å². The fourth-order valence-electron chi connectivity index (χ4n) is 5.09. The standard InChI is InChI=1S/C22H51NO6Si4/c1-14-15-16(24)23-19-21(27,32(8,9)10)20(26,31(5,6)7)17(18(25)30(2,3)4)29-22(19,28)33(11,12)13/h17-19,25-28H,14-15H2,1-13H3,(H,23,24)/t17-,18?,19-,20+,21+,22?/m1/s1. The first-order valence-electron chi connectivity index (χ1n) is 12.2. The molecule has 0 saturated carbocycles. The lowest BCUT2D eigenvalue weighted by molar-refractivity contribution is -0.316. The zero-order chi connectivity index (χ0) is 26.6. The molecule has 0 aromatic carbocycles. The van der Waals surface area contributed by atoms with Gasteiger partial charge in [-0.05, 0) is 6.42 Å². The normalized spacial score (nSPS) is 35.3. The van der Waals surface area contributed by atoms with E-state index in [1.165, 1.54) is 0 Å². The number of ether oxygens (including phenoxy) is 1. The maximum absolute atomic E-state index is 12.9. The summed E-state index contributed by atoms with van der Waals surface area (Å²) in [5.41, 5.74) is -2.91. The Hall–Kier alpha value is 0.138. The number of aliphatic hydroxyl groups excluding tert-OH is 1. The third-order valence-corrected chi connectivity index (χ3v) is 18.2. The molecule has 1 saturated heterocycles. The Bertz CT molecular complexity index is 726. The van der Waals surface area contributed by atoms with Crippen LogP contribution in [0.25, 0.3) is 0 Å². The fourth-order valence-corrected chi connectivity index (χ4v) is 15.3. The Morgan fingerprint density at radius 1 is 0.848 bits per heavy atom. The van der Waals surface area contributed by atoms with Crippen LogP contribution in [0.1, 0.15) is 19.8 Å². The van der Waals surface area contributed by atoms with Crippen molar-refractivity contribution < 1.29 is 30.0 Å². The van der Waals surface area contributed by atoms with Crippen LogP contribution < -0.4 is 5.32 Å². The summed E-state index contributed by atoms with van der Waals surface area (Å²) in [7, 11) is -10.5. The van der Waals surface area contributed by atoms with E-state index in [1.54, 1.807) is 0 Å². The molecule has 196 valence electrons. The van der Waals surface area contributed by atoms with Gasteiger partial charge in [0.2, 0.25) is 5.91 Å². The number of hydrogen-bond acceptors (Lipinski definition) is 6. The van der Waals surface area contributed by atoms with E-state index >= 15 is 0 Å². The highest BCUT2D eigenvalue weighted by Gasteiger charge is 2.79. The fraction of sp³-hybridized carbons (Fsp3) is 0.955. The van der Waals surface area contributed by atoms with Crippen LogP contribution >= 0.6 is 0 Å². The average Bonchev–Trinajstić information content (AvgIpc) is 2.57. The van der Waals surface area contributed by atoms with Crippen molar-refractivity contribution in [2.24, 2.45) is 0 Å². The molecule has 0 aromatic rings. The number of rotatable bonds is 8. The number of nitrogens with one attached hydrogen (secondary N) is 1. The van der Waals surface area contributed by atoms with Crippen LogP contribution in [0.5, 0.6) is 0 Å². The molecule has 5 N–H and O–H groups in total. The molecule has 1 aliphatic rings. The van der Waals surface area contributed by atoms with Crippen LogP contribution in [-0.2, 0) is 9.53 Å². The second kappa shape index (κ2) is 9.22. The molecular weight excluding hydrogens is 487 g/mol. The second-order valence-corrected chi connectivity index (χ2v) is 35.1. The van der Waals surface area contributed by atoms with Crippen LogP contribution in [0.15, 0.2) is 0 Å². The minimum absolute atomic E-state index is 0.242. The van der Waals surface area contributed by atoms with Crippen LogP contribution in [0, 0.1) is 0 Å². The first-order valence-corrected chi connectivity index (χ1v) is 26.2. The van der Waals surface area contributed by atoms with Gasteiger partial charge in [-0.15, -0.1) is 0 Å². The van der Waals surface area contributed by atoms with Crippen molar-refractivity contribution >= 4 is 38.2 Å². The highest BCUT2D eigenvalue weighted by molar-refractivity contribution is 6.87. The Kier molecular flexibility index (Phi) is 8.71. The zero-order valence-electron chi connectivity index (χ0n) is 23.3. The van der Waals surface area contributed by atoms with Gasteiger partial charge >= 0.3 is 0 Å². The van der Waals surface area contributed by atoms with Crippen molar-refractivity contribution in [3.8, 4) is 0 Å². The van der Waals surface area contributed by atoms with Crippen molar-refractivity contribution in [1.29, 1.82) is 0 Å². The van der Waals surface area contributed by atoms with Crippen molar-refractivity contribution in [1.82, 2.24) is 5.32 Å². The maximum Gasteiger partial charge on any atom is 0.220 e. The summed E-state index contributed by atoms with van der Waals surface area (Å²) in [6.45, 7) is 25.3. The molecule has 0 aromatic heterocycles.